The van der Waals surface area contributed by atoms with E-state index >= 15 is 0 Å². The van der Waals surface area contributed by atoms with Gasteiger partial charge in [0.15, 0.2) is 0 Å². The second-order valence-electron chi connectivity index (χ2n) is 6.79. The van der Waals surface area contributed by atoms with Crippen LogP contribution in [0.4, 0.5) is 0 Å². The van der Waals surface area contributed by atoms with Crippen molar-refractivity contribution in [1.29, 1.82) is 0 Å². The van der Waals surface area contributed by atoms with Gasteiger partial charge in [-0.05, 0) is 24.5 Å². The van der Waals surface area contributed by atoms with Crippen molar-refractivity contribution in [2.75, 3.05) is 19.7 Å². The van der Waals surface area contributed by atoms with Crippen LogP contribution in [-0.4, -0.2) is 40.9 Å². The summed E-state index contributed by atoms with van der Waals surface area (Å²) in [7, 11) is 0. The fraction of sp³-hybridized carbons (Fsp3) is 0.400. The van der Waals surface area contributed by atoms with Crippen LogP contribution >= 0.6 is 0 Å². The van der Waals surface area contributed by atoms with Crippen LogP contribution in [0.15, 0.2) is 54.6 Å². The maximum absolute atomic E-state index is 11.0. The number of para-hydroxylation sites is 1. The van der Waals surface area contributed by atoms with E-state index in [4.69, 9.17) is 4.74 Å². The molecule has 0 spiro atoms. The molecule has 0 saturated carbocycles. The SMILES string of the molecule is O[C@H]1c2ccccc2OC[C@H]1N1CCC(O)(c2ccccc2)CC1. The van der Waals surface area contributed by atoms with Gasteiger partial charge in [-0.3, -0.25) is 4.90 Å². The molecule has 2 aliphatic heterocycles. The van der Waals surface area contributed by atoms with Gasteiger partial charge in [-0.1, -0.05) is 48.5 Å². The molecule has 2 aromatic carbocycles. The third-order valence-electron chi connectivity index (χ3n) is 5.42. The smallest absolute Gasteiger partial charge is 0.125 e. The van der Waals surface area contributed by atoms with Crippen molar-refractivity contribution in [3.63, 3.8) is 0 Å². The van der Waals surface area contributed by atoms with E-state index in [1.54, 1.807) is 0 Å². The van der Waals surface area contributed by atoms with E-state index in [9.17, 15) is 10.2 Å². The molecule has 2 N–H and O–H groups in total. The third-order valence-corrected chi connectivity index (χ3v) is 5.42. The van der Waals surface area contributed by atoms with Crippen LogP contribution in [0.3, 0.4) is 0 Å². The molecule has 0 aliphatic carbocycles. The molecule has 2 aromatic rings. The molecule has 4 heteroatoms. The van der Waals surface area contributed by atoms with Crippen molar-refractivity contribution in [2.45, 2.75) is 30.6 Å². The van der Waals surface area contributed by atoms with E-state index in [-0.39, 0.29) is 6.04 Å². The number of rotatable bonds is 2. The summed E-state index contributed by atoms with van der Waals surface area (Å²) >= 11 is 0. The van der Waals surface area contributed by atoms with Gasteiger partial charge in [0.05, 0.1) is 11.6 Å². The fourth-order valence-electron chi connectivity index (χ4n) is 3.90. The zero-order chi connectivity index (χ0) is 16.6. The topological polar surface area (TPSA) is 52.9 Å². The Bertz CT molecular complexity index is 695. The first kappa shape index (κ1) is 15.6. The van der Waals surface area contributed by atoms with E-state index in [0.29, 0.717) is 19.4 Å². The van der Waals surface area contributed by atoms with Gasteiger partial charge < -0.3 is 14.9 Å². The van der Waals surface area contributed by atoms with Gasteiger partial charge >= 0.3 is 0 Å². The van der Waals surface area contributed by atoms with E-state index in [2.05, 4.69) is 4.90 Å². The predicted octanol–water partition coefficient (Wildman–Crippen LogP) is 2.46. The summed E-state index contributed by atoms with van der Waals surface area (Å²) in [6, 6.07) is 17.5. The lowest BCUT2D eigenvalue weighted by Gasteiger charge is -2.44. The van der Waals surface area contributed by atoms with Gasteiger partial charge in [0.25, 0.3) is 0 Å². The maximum atomic E-state index is 11.0. The Hall–Kier alpha value is -1.88. The van der Waals surface area contributed by atoms with Crippen LogP contribution < -0.4 is 4.74 Å². The highest BCUT2D eigenvalue weighted by Gasteiger charge is 2.40. The van der Waals surface area contributed by atoms with Gasteiger partial charge in [-0.15, -0.1) is 0 Å². The largest absolute Gasteiger partial charge is 0.491 e. The van der Waals surface area contributed by atoms with Gasteiger partial charge in [0.1, 0.15) is 18.5 Å². The minimum Gasteiger partial charge on any atom is -0.491 e. The first-order valence-electron chi connectivity index (χ1n) is 8.59. The van der Waals surface area contributed by atoms with Crippen LogP contribution in [0.1, 0.15) is 30.1 Å². The summed E-state index contributed by atoms with van der Waals surface area (Å²) in [5, 5.41) is 21.7. The van der Waals surface area contributed by atoms with Crippen molar-refractivity contribution >= 4 is 0 Å². The summed E-state index contributed by atoms with van der Waals surface area (Å²) < 4.78 is 5.83. The van der Waals surface area contributed by atoms with Crippen LogP contribution in [0.2, 0.25) is 0 Å². The lowest BCUT2D eigenvalue weighted by atomic mass is 9.83. The number of aliphatic hydroxyl groups is 2. The minimum absolute atomic E-state index is 0.0553. The number of fused-ring (bicyclic) bond motifs is 1. The van der Waals surface area contributed by atoms with Crippen LogP contribution in [0.5, 0.6) is 5.75 Å². The van der Waals surface area contributed by atoms with Crippen LogP contribution in [0.25, 0.3) is 0 Å². The van der Waals surface area contributed by atoms with Crippen molar-refractivity contribution < 1.29 is 14.9 Å². The number of nitrogens with zero attached hydrogens (tertiary/aromatic N) is 1. The second kappa shape index (κ2) is 6.20. The standard InChI is InChI=1S/C20H23NO3/c22-19-16-8-4-5-9-18(16)24-14-17(19)21-12-10-20(23,11-13-21)15-6-2-1-3-7-15/h1-9,17,19,22-23H,10-14H2/t17-,19+/m1/s1. The van der Waals surface area contributed by atoms with Gasteiger partial charge in [-0.2, -0.15) is 0 Å². The van der Waals surface area contributed by atoms with E-state index < -0.39 is 11.7 Å². The third kappa shape index (κ3) is 2.71. The lowest BCUT2D eigenvalue weighted by molar-refractivity contribution is -0.0664. The summed E-state index contributed by atoms with van der Waals surface area (Å²) in [5.41, 5.74) is 1.07. The fourth-order valence-corrected chi connectivity index (χ4v) is 3.90. The van der Waals surface area contributed by atoms with E-state index in [1.165, 1.54) is 0 Å². The van der Waals surface area contributed by atoms with Crippen LogP contribution in [0, 0.1) is 0 Å². The molecule has 0 aromatic heterocycles. The number of hydrogen-bond donors (Lipinski definition) is 2. The Morgan fingerprint density at radius 1 is 0.958 bits per heavy atom. The highest BCUT2D eigenvalue weighted by Crippen LogP contribution is 2.38. The number of hydrogen-bond acceptors (Lipinski definition) is 4. The van der Waals surface area contributed by atoms with E-state index in [1.807, 2.05) is 54.6 Å². The van der Waals surface area contributed by atoms with Crippen molar-refractivity contribution in [1.82, 2.24) is 4.90 Å². The minimum atomic E-state index is -0.768. The highest BCUT2D eigenvalue weighted by atomic mass is 16.5. The number of ether oxygens (including phenoxy) is 1. The van der Waals surface area contributed by atoms with Crippen molar-refractivity contribution in [2.24, 2.45) is 0 Å². The van der Waals surface area contributed by atoms with Gasteiger partial charge in [0, 0.05) is 18.7 Å². The Morgan fingerprint density at radius 3 is 2.38 bits per heavy atom. The quantitative estimate of drug-likeness (QED) is 0.891. The monoisotopic (exact) mass is 325 g/mol. The molecular formula is C20H23NO3. The molecule has 0 bridgehead atoms. The molecular weight excluding hydrogens is 302 g/mol. The predicted molar refractivity (Wildman–Crippen MR) is 91.8 cm³/mol. The average molecular weight is 325 g/mol. The molecule has 126 valence electrons. The molecule has 1 saturated heterocycles. The zero-order valence-electron chi connectivity index (χ0n) is 13.6. The highest BCUT2D eigenvalue weighted by molar-refractivity contribution is 5.37. The first-order valence-corrected chi connectivity index (χ1v) is 8.59. The van der Waals surface area contributed by atoms with Crippen molar-refractivity contribution in [3.8, 4) is 5.75 Å². The van der Waals surface area contributed by atoms with Crippen LogP contribution in [-0.2, 0) is 5.60 Å². The van der Waals surface area contributed by atoms with Gasteiger partial charge in [0.2, 0.25) is 0 Å². The molecule has 0 radical (unpaired) electrons. The summed E-state index contributed by atoms with van der Waals surface area (Å²) in [6.07, 6.45) is 0.793. The lowest BCUT2D eigenvalue weighted by Crippen LogP contribution is -2.52. The summed E-state index contributed by atoms with van der Waals surface area (Å²) in [4.78, 5) is 2.25. The average Bonchev–Trinajstić information content (AvgIpc) is 2.64. The molecule has 4 rings (SSSR count). The molecule has 1 fully saturated rings. The molecule has 0 unspecified atom stereocenters. The summed E-state index contributed by atoms with van der Waals surface area (Å²) in [5.74, 6) is 0.777. The first-order chi connectivity index (χ1) is 11.7. The molecule has 0 amide bonds. The zero-order valence-corrected chi connectivity index (χ0v) is 13.6. The molecule has 2 atom stereocenters. The molecule has 2 heterocycles. The van der Waals surface area contributed by atoms with Gasteiger partial charge in [-0.25, -0.2) is 0 Å². The number of likely N-dealkylation sites (tertiary alicyclic amines) is 1. The van der Waals surface area contributed by atoms with Crippen molar-refractivity contribution in [3.05, 3.63) is 65.7 Å². The molecule has 2 aliphatic rings. The number of aliphatic hydroxyl groups excluding tert-OH is 1. The Kier molecular flexibility index (Phi) is 4.04. The Morgan fingerprint density at radius 2 is 1.62 bits per heavy atom. The normalized spacial score (nSPS) is 26.4. The maximum Gasteiger partial charge on any atom is 0.125 e. The second-order valence-corrected chi connectivity index (χ2v) is 6.79. The number of benzene rings is 2. The molecule has 4 nitrogen and oxygen atoms in total. The summed E-state index contributed by atoms with van der Waals surface area (Å²) in [6.45, 7) is 1.99. The molecule has 24 heavy (non-hydrogen) atoms. The van der Waals surface area contributed by atoms with E-state index in [0.717, 1.165) is 30.0 Å². The Labute approximate surface area is 142 Å². The Balaban J connectivity index is 1.47. The number of piperidine rings is 1.